The van der Waals surface area contributed by atoms with Gasteiger partial charge >= 0.3 is 0 Å². The Labute approximate surface area is 115 Å². The fourth-order valence-corrected chi connectivity index (χ4v) is 2.73. The molecule has 106 valence electrons. The Morgan fingerprint density at radius 1 is 1.42 bits per heavy atom. The van der Waals surface area contributed by atoms with Gasteiger partial charge in [0.05, 0.1) is 5.69 Å². The first kappa shape index (κ1) is 14.3. The minimum Gasteiger partial charge on any atom is -0.372 e. The summed E-state index contributed by atoms with van der Waals surface area (Å²) < 4.78 is 14.1. The summed E-state index contributed by atoms with van der Waals surface area (Å²) in [5.41, 5.74) is 7.81. The van der Waals surface area contributed by atoms with Crippen LogP contribution in [0.1, 0.15) is 38.2 Å². The molecule has 19 heavy (non-hydrogen) atoms. The number of anilines is 1. The average molecular weight is 264 g/mol. The lowest BCUT2D eigenvalue weighted by atomic mass is 9.85. The van der Waals surface area contributed by atoms with Crippen molar-refractivity contribution in [1.82, 2.24) is 0 Å². The molecule has 2 N–H and O–H groups in total. The molecule has 1 saturated carbocycles. The van der Waals surface area contributed by atoms with Gasteiger partial charge in [0.15, 0.2) is 0 Å². The fourth-order valence-electron chi connectivity index (χ4n) is 2.73. The first-order valence-corrected chi connectivity index (χ1v) is 7.36. The molecule has 0 bridgehead atoms. The Bertz CT molecular complexity index is 415. The molecule has 1 unspecified atom stereocenters. The van der Waals surface area contributed by atoms with Gasteiger partial charge in [-0.3, -0.25) is 0 Å². The molecule has 0 aromatic heterocycles. The first-order valence-electron chi connectivity index (χ1n) is 7.36. The van der Waals surface area contributed by atoms with E-state index in [1.807, 2.05) is 13.1 Å². The maximum Gasteiger partial charge on any atom is 0.146 e. The predicted octanol–water partition coefficient (Wildman–Crippen LogP) is 3.34. The summed E-state index contributed by atoms with van der Waals surface area (Å²) in [6, 6.07) is 5.45. The van der Waals surface area contributed by atoms with Crippen LogP contribution in [0.15, 0.2) is 18.2 Å². The Kier molecular flexibility index (Phi) is 4.81. The highest BCUT2D eigenvalue weighted by atomic mass is 19.1. The second-order valence-electron chi connectivity index (χ2n) is 5.80. The molecule has 1 atom stereocenters. The quantitative estimate of drug-likeness (QED) is 0.854. The number of benzene rings is 1. The van der Waals surface area contributed by atoms with Gasteiger partial charge in [0, 0.05) is 19.6 Å². The number of halogens is 1. The summed E-state index contributed by atoms with van der Waals surface area (Å²) in [6.07, 6.45) is 5.55. The lowest BCUT2D eigenvalue weighted by molar-refractivity contribution is 0.320. The Hall–Kier alpha value is -1.09. The highest BCUT2D eigenvalue weighted by Gasteiger charge is 2.22. The molecular weight excluding hydrogens is 239 g/mol. The molecule has 2 nitrogen and oxygen atoms in total. The zero-order valence-electron chi connectivity index (χ0n) is 12.0. The van der Waals surface area contributed by atoms with Gasteiger partial charge in [-0.05, 0) is 43.2 Å². The summed E-state index contributed by atoms with van der Waals surface area (Å²) in [7, 11) is 2.00. The van der Waals surface area contributed by atoms with Gasteiger partial charge in [0.25, 0.3) is 0 Å². The van der Waals surface area contributed by atoms with Crippen molar-refractivity contribution < 1.29 is 4.39 Å². The summed E-state index contributed by atoms with van der Waals surface area (Å²) in [5.74, 6) is 0.611. The summed E-state index contributed by atoms with van der Waals surface area (Å²) in [6.45, 7) is 3.02. The van der Waals surface area contributed by atoms with Crippen LogP contribution in [0.2, 0.25) is 0 Å². The molecule has 0 aliphatic heterocycles. The lowest BCUT2D eigenvalue weighted by Gasteiger charge is -2.32. The maximum atomic E-state index is 14.1. The SMILES string of the molecule is CCC(N)Cc1cccc(F)c1N(C)CC1CCC1. The van der Waals surface area contributed by atoms with Gasteiger partial charge in [-0.15, -0.1) is 0 Å². The van der Waals surface area contributed by atoms with Crippen LogP contribution in [0.25, 0.3) is 0 Å². The van der Waals surface area contributed by atoms with Crippen molar-refractivity contribution in [3.63, 3.8) is 0 Å². The molecule has 3 heteroatoms. The van der Waals surface area contributed by atoms with E-state index in [1.54, 1.807) is 12.1 Å². The molecule has 0 amide bonds. The third kappa shape index (κ3) is 3.47. The monoisotopic (exact) mass is 264 g/mol. The van der Waals surface area contributed by atoms with Crippen molar-refractivity contribution in [1.29, 1.82) is 0 Å². The first-order chi connectivity index (χ1) is 9.11. The second kappa shape index (κ2) is 6.38. The number of para-hydroxylation sites is 1. The van der Waals surface area contributed by atoms with Crippen molar-refractivity contribution in [2.24, 2.45) is 11.7 Å². The summed E-state index contributed by atoms with van der Waals surface area (Å²) >= 11 is 0. The van der Waals surface area contributed by atoms with Crippen LogP contribution in [-0.2, 0) is 6.42 Å². The van der Waals surface area contributed by atoms with E-state index in [-0.39, 0.29) is 11.9 Å². The summed E-state index contributed by atoms with van der Waals surface area (Å²) in [5, 5.41) is 0. The predicted molar refractivity (Wildman–Crippen MR) is 79.0 cm³/mol. The van der Waals surface area contributed by atoms with Crippen LogP contribution in [0.5, 0.6) is 0 Å². The minimum absolute atomic E-state index is 0.109. The Morgan fingerprint density at radius 2 is 2.16 bits per heavy atom. The number of rotatable bonds is 6. The number of hydrogen-bond donors (Lipinski definition) is 1. The van der Waals surface area contributed by atoms with Crippen molar-refractivity contribution in [2.75, 3.05) is 18.5 Å². The third-order valence-corrected chi connectivity index (χ3v) is 4.22. The van der Waals surface area contributed by atoms with Crippen LogP contribution >= 0.6 is 0 Å². The van der Waals surface area contributed by atoms with Crippen molar-refractivity contribution >= 4 is 5.69 Å². The summed E-state index contributed by atoms with van der Waals surface area (Å²) in [4.78, 5) is 2.08. The zero-order chi connectivity index (χ0) is 13.8. The number of nitrogens with zero attached hydrogens (tertiary/aromatic N) is 1. The fraction of sp³-hybridized carbons (Fsp3) is 0.625. The van der Waals surface area contributed by atoms with Gasteiger partial charge in [-0.2, -0.15) is 0 Å². The van der Waals surface area contributed by atoms with Crippen molar-refractivity contribution in [3.05, 3.63) is 29.6 Å². The molecule has 0 spiro atoms. The van der Waals surface area contributed by atoms with Crippen LogP contribution < -0.4 is 10.6 Å². The van der Waals surface area contributed by atoms with Gasteiger partial charge < -0.3 is 10.6 Å². The van der Waals surface area contributed by atoms with E-state index in [9.17, 15) is 4.39 Å². The van der Waals surface area contributed by atoms with E-state index in [1.165, 1.54) is 19.3 Å². The Morgan fingerprint density at radius 3 is 2.74 bits per heavy atom. The maximum absolute atomic E-state index is 14.1. The average Bonchev–Trinajstić information content (AvgIpc) is 2.33. The molecule has 1 aromatic carbocycles. The smallest absolute Gasteiger partial charge is 0.146 e. The van der Waals surface area contributed by atoms with Gasteiger partial charge in [-0.25, -0.2) is 4.39 Å². The molecular formula is C16H25FN2. The third-order valence-electron chi connectivity index (χ3n) is 4.22. The van der Waals surface area contributed by atoms with E-state index in [0.717, 1.165) is 36.6 Å². The normalized spacial score (nSPS) is 17.1. The van der Waals surface area contributed by atoms with Gasteiger partial charge in [0.2, 0.25) is 0 Å². The molecule has 0 radical (unpaired) electrons. The van der Waals surface area contributed by atoms with Crippen molar-refractivity contribution in [2.45, 2.75) is 45.1 Å². The number of nitrogens with two attached hydrogens (primary N) is 1. The molecule has 1 aliphatic rings. The van der Waals surface area contributed by atoms with E-state index in [2.05, 4.69) is 11.8 Å². The van der Waals surface area contributed by atoms with Crippen LogP contribution in [0.3, 0.4) is 0 Å². The largest absolute Gasteiger partial charge is 0.372 e. The van der Waals surface area contributed by atoms with E-state index in [0.29, 0.717) is 0 Å². The standard InChI is InChI=1S/C16H25FN2/c1-3-14(18)10-13-8-5-9-15(17)16(13)19(2)11-12-6-4-7-12/h5,8-9,12,14H,3-4,6-7,10-11,18H2,1-2H3. The highest BCUT2D eigenvalue weighted by molar-refractivity contribution is 5.54. The second-order valence-corrected chi connectivity index (χ2v) is 5.80. The van der Waals surface area contributed by atoms with Crippen molar-refractivity contribution in [3.8, 4) is 0 Å². The Balaban J connectivity index is 2.15. The highest BCUT2D eigenvalue weighted by Crippen LogP contribution is 2.31. The van der Waals surface area contributed by atoms with Gasteiger partial charge in [-0.1, -0.05) is 25.5 Å². The lowest BCUT2D eigenvalue weighted by Crippen LogP contribution is -2.31. The van der Waals surface area contributed by atoms with E-state index < -0.39 is 0 Å². The minimum atomic E-state index is -0.123. The molecule has 0 saturated heterocycles. The van der Waals surface area contributed by atoms with E-state index in [4.69, 9.17) is 5.73 Å². The number of hydrogen-bond acceptors (Lipinski definition) is 2. The molecule has 2 rings (SSSR count). The molecule has 1 fully saturated rings. The molecule has 1 aromatic rings. The molecule has 0 heterocycles. The van der Waals surface area contributed by atoms with Crippen LogP contribution in [0.4, 0.5) is 10.1 Å². The van der Waals surface area contributed by atoms with E-state index >= 15 is 0 Å². The topological polar surface area (TPSA) is 29.3 Å². The van der Waals surface area contributed by atoms with Crippen LogP contribution in [-0.4, -0.2) is 19.6 Å². The molecule has 1 aliphatic carbocycles. The van der Waals surface area contributed by atoms with Crippen LogP contribution in [0, 0.1) is 11.7 Å². The van der Waals surface area contributed by atoms with Gasteiger partial charge in [0.1, 0.15) is 5.82 Å². The zero-order valence-corrected chi connectivity index (χ0v) is 12.0.